The maximum absolute atomic E-state index is 13.5. The quantitative estimate of drug-likeness (QED) is 0.871. The maximum atomic E-state index is 13.5. The van der Waals surface area contributed by atoms with Crippen molar-refractivity contribution in [2.75, 3.05) is 11.1 Å². The number of nitrogens with two attached hydrogens (primary N) is 1. The molecule has 2 rings (SSSR count). The molecule has 1 amide bonds. The first-order chi connectivity index (χ1) is 8.91. The lowest BCUT2D eigenvalue weighted by Gasteiger charge is -2.07. The van der Waals surface area contributed by atoms with E-state index in [-0.39, 0.29) is 11.5 Å². The summed E-state index contributed by atoms with van der Waals surface area (Å²) in [5, 5.41) is 6.42. The number of carbonyl (C=O) groups is 1. The van der Waals surface area contributed by atoms with Crippen LogP contribution in [0.5, 0.6) is 0 Å². The zero-order valence-electron chi connectivity index (χ0n) is 10.4. The number of rotatable bonds is 2. The van der Waals surface area contributed by atoms with Crippen LogP contribution >= 0.6 is 0 Å². The Labute approximate surface area is 108 Å². The van der Waals surface area contributed by atoms with E-state index in [0.29, 0.717) is 5.69 Å². The molecule has 0 fully saturated rings. The first-order valence-electron chi connectivity index (χ1n) is 5.46. The Morgan fingerprint density at radius 2 is 2.11 bits per heavy atom. The van der Waals surface area contributed by atoms with E-state index in [2.05, 4.69) is 10.4 Å². The van der Waals surface area contributed by atoms with Crippen molar-refractivity contribution < 1.29 is 13.6 Å². The molecule has 0 radical (unpaired) electrons. The van der Waals surface area contributed by atoms with Gasteiger partial charge in [0.15, 0.2) is 17.5 Å². The molecule has 1 heterocycles. The Morgan fingerprint density at radius 1 is 1.42 bits per heavy atom. The standard InChI is InChI=1S/C12H12F2N4O/c1-6-10(15)11(18(2)17-6)16-12(19)7-4-3-5-8(13)9(7)14/h3-5H,15H2,1-2H3,(H,16,19). The van der Waals surface area contributed by atoms with Crippen LogP contribution in [0, 0.1) is 18.6 Å². The van der Waals surface area contributed by atoms with Crippen molar-refractivity contribution in [1.29, 1.82) is 0 Å². The van der Waals surface area contributed by atoms with Gasteiger partial charge in [0.25, 0.3) is 5.91 Å². The van der Waals surface area contributed by atoms with Gasteiger partial charge < -0.3 is 11.1 Å². The Kier molecular flexibility index (Phi) is 3.20. The topological polar surface area (TPSA) is 72.9 Å². The molecule has 0 spiro atoms. The first-order valence-corrected chi connectivity index (χ1v) is 5.46. The molecule has 3 N–H and O–H groups in total. The van der Waals surface area contributed by atoms with Crippen LogP contribution in [0.3, 0.4) is 0 Å². The number of benzene rings is 1. The zero-order valence-corrected chi connectivity index (χ0v) is 10.4. The lowest BCUT2D eigenvalue weighted by atomic mass is 10.2. The maximum Gasteiger partial charge on any atom is 0.259 e. The van der Waals surface area contributed by atoms with E-state index in [1.54, 1.807) is 14.0 Å². The summed E-state index contributed by atoms with van der Waals surface area (Å²) in [6.45, 7) is 1.67. The second kappa shape index (κ2) is 4.68. The van der Waals surface area contributed by atoms with E-state index in [0.717, 1.165) is 6.07 Å². The van der Waals surface area contributed by atoms with Crippen LogP contribution in [0.2, 0.25) is 0 Å². The van der Waals surface area contributed by atoms with Crippen molar-refractivity contribution in [3.05, 3.63) is 41.1 Å². The van der Waals surface area contributed by atoms with Crippen LogP contribution in [0.4, 0.5) is 20.3 Å². The van der Waals surface area contributed by atoms with Gasteiger partial charge in [0.2, 0.25) is 0 Å². The van der Waals surface area contributed by atoms with Gasteiger partial charge in [-0.2, -0.15) is 5.10 Å². The molecule has 100 valence electrons. The Morgan fingerprint density at radius 3 is 2.68 bits per heavy atom. The lowest BCUT2D eigenvalue weighted by Crippen LogP contribution is -2.17. The molecule has 0 bridgehead atoms. The van der Waals surface area contributed by atoms with Gasteiger partial charge in [-0.3, -0.25) is 9.48 Å². The number of nitrogens with one attached hydrogen (secondary N) is 1. The van der Waals surface area contributed by atoms with Crippen LogP contribution in [-0.4, -0.2) is 15.7 Å². The van der Waals surface area contributed by atoms with E-state index in [1.807, 2.05) is 0 Å². The summed E-state index contributed by atoms with van der Waals surface area (Å²) in [5.74, 6) is -2.82. The number of nitrogen functional groups attached to an aromatic ring is 1. The molecule has 0 unspecified atom stereocenters. The van der Waals surface area contributed by atoms with Gasteiger partial charge in [-0.05, 0) is 19.1 Å². The largest absolute Gasteiger partial charge is 0.394 e. The number of nitrogens with zero attached hydrogens (tertiary/aromatic N) is 2. The highest BCUT2D eigenvalue weighted by Crippen LogP contribution is 2.22. The van der Waals surface area contributed by atoms with Crippen molar-refractivity contribution in [3.63, 3.8) is 0 Å². The summed E-state index contributed by atoms with van der Waals surface area (Å²) in [6.07, 6.45) is 0. The number of aryl methyl sites for hydroxylation is 2. The van der Waals surface area contributed by atoms with E-state index in [1.165, 1.54) is 16.8 Å². The van der Waals surface area contributed by atoms with Crippen LogP contribution in [0.25, 0.3) is 0 Å². The molecule has 0 aliphatic heterocycles. The summed E-state index contributed by atoms with van der Waals surface area (Å²) in [5.41, 5.74) is 6.17. The third kappa shape index (κ3) is 2.26. The molecule has 1 aromatic carbocycles. The zero-order chi connectivity index (χ0) is 14.2. The molecule has 0 atom stereocenters. The van der Waals surface area contributed by atoms with Gasteiger partial charge in [-0.15, -0.1) is 0 Å². The van der Waals surface area contributed by atoms with Crippen molar-refractivity contribution in [2.24, 2.45) is 7.05 Å². The number of carbonyl (C=O) groups excluding carboxylic acids is 1. The minimum absolute atomic E-state index is 0.242. The average molecular weight is 266 g/mol. The predicted molar refractivity (Wildman–Crippen MR) is 66.7 cm³/mol. The van der Waals surface area contributed by atoms with E-state index < -0.39 is 23.1 Å². The molecular formula is C12H12F2N4O. The molecule has 5 nitrogen and oxygen atoms in total. The molecule has 0 aliphatic carbocycles. The van der Waals surface area contributed by atoms with Gasteiger partial charge in [0.1, 0.15) is 0 Å². The molecule has 0 saturated heterocycles. The van der Waals surface area contributed by atoms with Gasteiger partial charge in [0, 0.05) is 7.05 Å². The van der Waals surface area contributed by atoms with Gasteiger partial charge in [-0.1, -0.05) is 6.07 Å². The Bertz CT molecular complexity index is 651. The number of amides is 1. The minimum atomic E-state index is -1.20. The number of halogens is 2. The fourth-order valence-electron chi connectivity index (χ4n) is 1.68. The number of anilines is 2. The summed E-state index contributed by atoms with van der Waals surface area (Å²) in [6, 6.07) is 3.38. The summed E-state index contributed by atoms with van der Waals surface area (Å²) in [7, 11) is 1.58. The minimum Gasteiger partial charge on any atom is -0.394 e. The average Bonchev–Trinajstić information content (AvgIpc) is 2.59. The smallest absolute Gasteiger partial charge is 0.259 e. The molecule has 7 heteroatoms. The molecule has 1 aromatic heterocycles. The number of hydrogen-bond donors (Lipinski definition) is 2. The fourth-order valence-corrected chi connectivity index (χ4v) is 1.68. The monoisotopic (exact) mass is 266 g/mol. The molecule has 2 aromatic rings. The van der Waals surface area contributed by atoms with Crippen LogP contribution in [0.1, 0.15) is 16.1 Å². The van der Waals surface area contributed by atoms with Crippen molar-refractivity contribution in [2.45, 2.75) is 6.92 Å². The summed E-state index contributed by atoms with van der Waals surface area (Å²) in [4.78, 5) is 11.9. The van der Waals surface area contributed by atoms with Gasteiger partial charge in [-0.25, -0.2) is 8.78 Å². The highest BCUT2D eigenvalue weighted by atomic mass is 19.2. The van der Waals surface area contributed by atoms with Crippen molar-refractivity contribution in [3.8, 4) is 0 Å². The van der Waals surface area contributed by atoms with Gasteiger partial charge in [0.05, 0.1) is 16.9 Å². The second-order valence-corrected chi connectivity index (χ2v) is 4.03. The fraction of sp³-hybridized carbons (Fsp3) is 0.167. The van der Waals surface area contributed by atoms with Crippen molar-refractivity contribution in [1.82, 2.24) is 9.78 Å². The molecular weight excluding hydrogens is 254 g/mol. The van der Waals surface area contributed by atoms with E-state index in [4.69, 9.17) is 5.73 Å². The summed E-state index contributed by atoms with van der Waals surface area (Å²) < 4.78 is 27.9. The van der Waals surface area contributed by atoms with E-state index >= 15 is 0 Å². The predicted octanol–water partition coefficient (Wildman–Crippen LogP) is 1.84. The van der Waals surface area contributed by atoms with Crippen LogP contribution < -0.4 is 11.1 Å². The van der Waals surface area contributed by atoms with E-state index in [9.17, 15) is 13.6 Å². The second-order valence-electron chi connectivity index (χ2n) is 4.03. The van der Waals surface area contributed by atoms with Crippen LogP contribution in [0.15, 0.2) is 18.2 Å². The third-order valence-corrected chi connectivity index (χ3v) is 2.70. The Balaban J connectivity index is 2.34. The van der Waals surface area contributed by atoms with Crippen LogP contribution in [-0.2, 0) is 7.05 Å². The van der Waals surface area contributed by atoms with Crippen molar-refractivity contribution >= 4 is 17.4 Å². The highest BCUT2D eigenvalue weighted by Gasteiger charge is 2.18. The molecule has 0 saturated carbocycles. The van der Waals surface area contributed by atoms with Gasteiger partial charge >= 0.3 is 0 Å². The summed E-state index contributed by atoms with van der Waals surface area (Å²) >= 11 is 0. The third-order valence-electron chi connectivity index (χ3n) is 2.70. The molecule has 19 heavy (non-hydrogen) atoms. The number of hydrogen-bond acceptors (Lipinski definition) is 3. The highest BCUT2D eigenvalue weighted by molar-refractivity contribution is 6.05. The normalized spacial score (nSPS) is 10.5. The lowest BCUT2D eigenvalue weighted by molar-refractivity contribution is 0.102. The number of aromatic nitrogens is 2. The first kappa shape index (κ1) is 13.0. The molecule has 0 aliphatic rings. The Hall–Kier alpha value is -2.44. The SMILES string of the molecule is Cc1nn(C)c(NC(=O)c2cccc(F)c2F)c1N.